The lowest BCUT2D eigenvalue weighted by Crippen LogP contribution is -2.20. The molecule has 1 heterocycles. The maximum absolute atomic E-state index is 14.3. The molecule has 0 radical (unpaired) electrons. The molecule has 3 rings (SSSR count). The van der Waals surface area contributed by atoms with Gasteiger partial charge in [0.25, 0.3) is 0 Å². The number of alkyl halides is 1. The summed E-state index contributed by atoms with van der Waals surface area (Å²) in [6, 6.07) is 13.4. The third kappa shape index (κ3) is 2.40. The normalized spacial score (nSPS) is 14.8. The highest BCUT2D eigenvalue weighted by Gasteiger charge is 2.21. The third-order valence-corrected chi connectivity index (χ3v) is 4.13. The van der Waals surface area contributed by atoms with E-state index in [2.05, 4.69) is 17.0 Å². The Bertz CT molecular complexity index is 612. The molecule has 0 saturated carbocycles. The van der Waals surface area contributed by atoms with Crippen LogP contribution < -0.4 is 4.90 Å². The Kier molecular flexibility index (Phi) is 3.93. The molecule has 2 aromatic carbocycles. The predicted octanol–water partition coefficient (Wildman–Crippen LogP) is 5.04. The zero-order valence-electron chi connectivity index (χ0n) is 11.3. The van der Waals surface area contributed by atoms with Gasteiger partial charge in [0.15, 0.2) is 0 Å². The van der Waals surface area contributed by atoms with Crippen molar-refractivity contribution in [2.75, 3.05) is 11.4 Å². The van der Waals surface area contributed by atoms with E-state index in [-0.39, 0.29) is 5.82 Å². The molecule has 104 valence electrons. The fourth-order valence-electron chi connectivity index (χ4n) is 2.89. The summed E-state index contributed by atoms with van der Waals surface area (Å²) >= 11 is 6.00. The van der Waals surface area contributed by atoms with Gasteiger partial charge in [0.2, 0.25) is 0 Å². The fraction of sp³-hybridized carbons (Fsp3) is 0.294. The Morgan fingerprint density at radius 1 is 1.05 bits per heavy atom. The number of para-hydroxylation sites is 2. The van der Waals surface area contributed by atoms with Crippen molar-refractivity contribution < 1.29 is 4.39 Å². The maximum Gasteiger partial charge on any atom is 0.147 e. The van der Waals surface area contributed by atoms with Crippen molar-refractivity contribution in [3.05, 3.63) is 59.4 Å². The van der Waals surface area contributed by atoms with Crippen LogP contribution in [-0.2, 0) is 12.3 Å². The van der Waals surface area contributed by atoms with Gasteiger partial charge in [0.05, 0.1) is 5.69 Å². The minimum Gasteiger partial charge on any atom is -0.339 e. The van der Waals surface area contributed by atoms with Gasteiger partial charge in [-0.15, -0.1) is 11.6 Å². The summed E-state index contributed by atoms with van der Waals surface area (Å²) in [4.78, 5) is 2.09. The SMILES string of the molecule is Fc1cccc(CCl)c1N1CCCCc2ccccc21. The summed E-state index contributed by atoms with van der Waals surface area (Å²) in [6.45, 7) is 0.835. The van der Waals surface area contributed by atoms with E-state index in [0.717, 1.165) is 37.1 Å². The molecular formula is C17H17ClFN. The lowest BCUT2D eigenvalue weighted by molar-refractivity contribution is 0.621. The number of benzene rings is 2. The number of hydrogen-bond acceptors (Lipinski definition) is 1. The van der Waals surface area contributed by atoms with Gasteiger partial charge in [-0.2, -0.15) is 0 Å². The molecule has 1 nitrogen and oxygen atoms in total. The van der Waals surface area contributed by atoms with Crippen LogP contribution in [0.1, 0.15) is 24.0 Å². The molecule has 0 amide bonds. The van der Waals surface area contributed by atoms with Crippen molar-refractivity contribution in [3.8, 4) is 0 Å². The summed E-state index contributed by atoms with van der Waals surface area (Å²) in [5.41, 5.74) is 3.88. The zero-order chi connectivity index (χ0) is 13.9. The first-order valence-electron chi connectivity index (χ1n) is 7.00. The molecule has 20 heavy (non-hydrogen) atoms. The van der Waals surface area contributed by atoms with E-state index >= 15 is 0 Å². The minimum absolute atomic E-state index is 0.195. The Morgan fingerprint density at radius 2 is 1.90 bits per heavy atom. The number of hydrogen-bond donors (Lipinski definition) is 0. The lowest BCUT2D eigenvalue weighted by Gasteiger charge is -2.27. The lowest BCUT2D eigenvalue weighted by atomic mass is 10.1. The fourth-order valence-corrected chi connectivity index (χ4v) is 3.11. The quantitative estimate of drug-likeness (QED) is 0.700. The molecule has 1 aliphatic heterocycles. The summed E-state index contributed by atoms with van der Waals surface area (Å²) in [7, 11) is 0. The molecule has 0 saturated heterocycles. The van der Waals surface area contributed by atoms with Crippen molar-refractivity contribution in [1.82, 2.24) is 0 Å². The first kappa shape index (κ1) is 13.4. The van der Waals surface area contributed by atoms with Crippen molar-refractivity contribution >= 4 is 23.0 Å². The number of nitrogens with zero attached hydrogens (tertiary/aromatic N) is 1. The van der Waals surface area contributed by atoms with Crippen LogP contribution >= 0.6 is 11.6 Å². The number of anilines is 2. The van der Waals surface area contributed by atoms with Gasteiger partial charge in [-0.3, -0.25) is 0 Å². The second-order valence-electron chi connectivity index (χ2n) is 5.12. The van der Waals surface area contributed by atoms with E-state index in [1.54, 1.807) is 6.07 Å². The van der Waals surface area contributed by atoms with E-state index in [9.17, 15) is 4.39 Å². The van der Waals surface area contributed by atoms with Crippen molar-refractivity contribution in [2.24, 2.45) is 0 Å². The van der Waals surface area contributed by atoms with Crippen LogP contribution in [-0.4, -0.2) is 6.54 Å². The predicted molar refractivity (Wildman–Crippen MR) is 82.3 cm³/mol. The van der Waals surface area contributed by atoms with Gasteiger partial charge in [0.1, 0.15) is 5.82 Å². The van der Waals surface area contributed by atoms with Crippen LogP contribution in [0.5, 0.6) is 0 Å². The number of rotatable bonds is 2. The molecule has 0 N–H and O–H groups in total. The highest BCUT2D eigenvalue weighted by Crippen LogP contribution is 2.36. The van der Waals surface area contributed by atoms with E-state index in [4.69, 9.17) is 11.6 Å². The maximum atomic E-state index is 14.3. The Hall–Kier alpha value is -1.54. The van der Waals surface area contributed by atoms with Crippen molar-refractivity contribution in [3.63, 3.8) is 0 Å². The summed E-state index contributed by atoms with van der Waals surface area (Å²) in [5.74, 6) is 0.131. The average molecular weight is 290 g/mol. The minimum atomic E-state index is -0.195. The first-order valence-corrected chi connectivity index (χ1v) is 7.53. The van der Waals surface area contributed by atoms with Gasteiger partial charge in [-0.05, 0) is 42.5 Å². The summed E-state index contributed by atoms with van der Waals surface area (Å²) in [5, 5.41) is 0. The molecule has 0 spiro atoms. The monoisotopic (exact) mass is 289 g/mol. The molecular weight excluding hydrogens is 273 g/mol. The summed E-state index contributed by atoms with van der Waals surface area (Å²) < 4.78 is 14.3. The third-order valence-electron chi connectivity index (χ3n) is 3.84. The molecule has 2 aromatic rings. The second-order valence-corrected chi connectivity index (χ2v) is 5.39. The first-order chi connectivity index (χ1) is 9.81. The van der Waals surface area contributed by atoms with Gasteiger partial charge < -0.3 is 4.90 Å². The highest BCUT2D eigenvalue weighted by atomic mass is 35.5. The van der Waals surface area contributed by atoms with Crippen LogP contribution in [0, 0.1) is 5.82 Å². The van der Waals surface area contributed by atoms with Gasteiger partial charge in [-0.25, -0.2) is 4.39 Å². The van der Waals surface area contributed by atoms with Gasteiger partial charge in [-0.1, -0.05) is 30.3 Å². The standard InChI is InChI=1S/C17H17ClFN/c18-12-14-8-5-9-15(19)17(14)20-11-4-3-7-13-6-1-2-10-16(13)20/h1-2,5-6,8-10H,3-4,7,11-12H2. The largest absolute Gasteiger partial charge is 0.339 e. The van der Waals surface area contributed by atoms with Crippen LogP contribution in [0.25, 0.3) is 0 Å². The molecule has 0 aromatic heterocycles. The van der Waals surface area contributed by atoms with E-state index < -0.39 is 0 Å². The average Bonchev–Trinajstić information content (AvgIpc) is 2.69. The Balaban J connectivity index is 2.15. The van der Waals surface area contributed by atoms with Crippen molar-refractivity contribution in [1.29, 1.82) is 0 Å². The molecule has 0 unspecified atom stereocenters. The van der Waals surface area contributed by atoms with Crippen LogP contribution in [0.2, 0.25) is 0 Å². The van der Waals surface area contributed by atoms with E-state index in [1.807, 2.05) is 18.2 Å². The van der Waals surface area contributed by atoms with Crippen LogP contribution in [0.3, 0.4) is 0 Å². The van der Waals surface area contributed by atoms with Crippen LogP contribution in [0.15, 0.2) is 42.5 Å². The van der Waals surface area contributed by atoms with Crippen LogP contribution in [0.4, 0.5) is 15.8 Å². The number of halogens is 2. The summed E-state index contributed by atoms with van der Waals surface area (Å²) in [6.07, 6.45) is 3.25. The molecule has 0 bridgehead atoms. The van der Waals surface area contributed by atoms with E-state index in [0.29, 0.717) is 11.6 Å². The van der Waals surface area contributed by atoms with Gasteiger partial charge >= 0.3 is 0 Å². The molecule has 3 heteroatoms. The number of fused-ring (bicyclic) bond motifs is 1. The van der Waals surface area contributed by atoms with Gasteiger partial charge in [0, 0.05) is 18.1 Å². The van der Waals surface area contributed by atoms with Crippen molar-refractivity contribution in [2.45, 2.75) is 25.1 Å². The van der Waals surface area contributed by atoms with E-state index in [1.165, 1.54) is 11.6 Å². The second kappa shape index (κ2) is 5.84. The molecule has 0 aliphatic carbocycles. The Morgan fingerprint density at radius 3 is 2.75 bits per heavy atom. The smallest absolute Gasteiger partial charge is 0.147 e. The molecule has 0 fully saturated rings. The topological polar surface area (TPSA) is 3.24 Å². The zero-order valence-corrected chi connectivity index (χ0v) is 12.0. The Labute approximate surface area is 124 Å². The highest BCUT2D eigenvalue weighted by molar-refractivity contribution is 6.17. The molecule has 1 aliphatic rings. The number of aryl methyl sites for hydroxylation is 1. The molecule has 0 atom stereocenters.